The fraction of sp³-hybridized carbons (Fsp3) is 1.00. The largest absolute Gasteiger partial charge is 0.328 e. The van der Waals surface area contributed by atoms with Crippen molar-refractivity contribution in [1.29, 1.82) is 0 Å². The van der Waals surface area contributed by atoms with Crippen molar-refractivity contribution in [1.82, 2.24) is 0 Å². The van der Waals surface area contributed by atoms with Crippen molar-refractivity contribution in [3.05, 3.63) is 0 Å². The van der Waals surface area contributed by atoms with Crippen LogP contribution in [0.3, 0.4) is 0 Å². The van der Waals surface area contributed by atoms with Gasteiger partial charge in [-0.25, -0.2) is 0 Å². The van der Waals surface area contributed by atoms with Gasteiger partial charge in [-0.2, -0.15) is 0 Å². The van der Waals surface area contributed by atoms with E-state index in [4.69, 9.17) is 18.8 Å². The van der Waals surface area contributed by atoms with Crippen molar-refractivity contribution < 1.29 is 28.0 Å². The third-order valence-corrected chi connectivity index (χ3v) is 5.28. The van der Waals surface area contributed by atoms with E-state index in [9.17, 15) is 9.13 Å². The minimum Gasteiger partial charge on any atom is -0.324 e. The van der Waals surface area contributed by atoms with Crippen LogP contribution in [0.4, 0.5) is 0 Å². The second-order valence-corrected chi connectivity index (χ2v) is 7.63. The Morgan fingerprint density at radius 2 is 1.28 bits per heavy atom. The fourth-order valence-corrected chi connectivity index (χ4v) is 3.23. The fourth-order valence-electron chi connectivity index (χ4n) is 1.27. The lowest BCUT2D eigenvalue weighted by atomic mass is 10.3. The molecule has 0 saturated heterocycles. The van der Waals surface area contributed by atoms with Gasteiger partial charge in [0.1, 0.15) is 0 Å². The first-order chi connectivity index (χ1) is 8.14. The van der Waals surface area contributed by atoms with E-state index in [2.05, 4.69) is 0 Å². The summed E-state index contributed by atoms with van der Waals surface area (Å²) in [5.41, 5.74) is -0.433. The molecule has 8 heteroatoms. The van der Waals surface area contributed by atoms with Crippen LogP contribution < -0.4 is 0 Å². The first kappa shape index (κ1) is 20.6. The number of hydrogen-bond donors (Lipinski definition) is 2. The Kier molecular flexibility index (Phi) is 11.6. The standard InChI is InChI=1S/2C5H13O3P/c1-4-7-9(3,6)8-5-2;1-3-5(4-2)9(6,7)8/h4-5H2,1-3H3;5H,3-4H2,1-2H3,(H2,6,7,8). The van der Waals surface area contributed by atoms with Gasteiger partial charge in [-0.15, -0.1) is 0 Å². The normalized spacial score (nSPS) is 12.2. The van der Waals surface area contributed by atoms with Crippen molar-refractivity contribution in [3.8, 4) is 0 Å². The molecule has 0 aromatic carbocycles. The lowest BCUT2D eigenvalue weighted by Crippen LogP contribution is -2.04. The van der Waals surface area contributed by atoms with E-state index in [1.54, 1.807) is 27.7 Å². The molecule has 0 saturated carbocycles. The van der Waals surface area contributed by atoms with Gasteiger partial charge in [-0.05, 0) is 26.7 Å². The van der Waals surface area contributed by atoms with Crippen LogP contribution in [0.2, 0.25) is 0 Å². The van der Waals surface area contributed by atoms with Gasteiger partial charge in [0, 0.05) is 6.66 Å². The van der Waals surface area contributed by atoms with Crippen LogP contribution >= 0.6 is 15.2 Å². The highest BCUT2D eigenvalue weighted by atomic mass is 31.2. The second kappa shape index (κ2) is 10.1. The van der Waals surface area contributed by atoms with Gasteiger partial charge in [0.15, 0.2) is 0 Å². The zero-order valence-corrected chi connectivity index (χ0v) is 13.6. The molecule has 0 atom stereocenters. The van der Waals surface area contributed by atoms with Gasteiger partial charge in [-0.3, -0.25) is 9.13 Å². The molecule has 0 bridgehead atoms. The van der Waals surface area contributed by atoms with Gasteiger partial charge < -0.3 is 18.8 Å². The van der Waals surface area contributed by atoms with Crippen LogP contribution in [-0.2, 0) is 18.2 Å². The maximum atomic E-state index is 11.0. The molecule has 0 radical (unpaired) electrons. The van der Waals surface area contributed by atoms with Gasteiger partial charge in [-0.1, -0.05) is 13.8 Å². The molecule has 0 fully saturated rings. The molecule has 0 aliphatic heterocycles. The van der Waals surface area contributed by atoms with Crippen molar-refractivity contribution in [2.45, 2.75) is 46.2 Å². The van der Waals surface area contributed by atoms with E-state index >= 15 is 0 Å². The number of hydrogen-bond acceptors (Lipinski definition) is 4. The molecule has 0 aromatic rings. The maximum absolute atomic E-state index is 11.0. The van der Waals surface area contributed by atoms with Crippen LogP contribution in [-0.4, -0.2) is 35.3 Å². The summed E-state index contributed by atoms with van der Waals surface area (Å²) in [6.45, 7) is 9.49. The predicted octanol–water partition coefficient (Wildman–Crippen LogP) is 3.24. The molecule has 0 aliphatic carbocycles. The molecule has 2 N–H and O–H groups in total. The van der Waals surface area contributed by atoms with E-state index in [1.807, 2.05) is 0 Å². The quantitative estimate of drug-likeness (QED) is 0.701. The first-order valence-corrected chi connectivity index (χ1v) is 9.73. The minimum absolute atomic E-state index is 0.433. The Morgan fingerprint density at radius 1 is 0.944 bits per heavy atom. The SMILES string of the molecule is CCC(CC)P(=O)(O)O.CCOP(C)(=O)OCC. The molecule has 0 heterocycles. The summed E-state index contributed by atoms with van der Waals surface area (Å²) in [6, 6.07) is 0. The molecule has 0 rings (SSSR count). The van der Waals surface area contributed by atoms with Crippen LogP contribution in [0, 0.1) is 0 Å². The molecule has 0 amide bonds. The monoisotopic (exact) mass is 304 g/mol. The average Bonchev–Trinajstić information content (AvgIpc) is 2.17. The lowest BCUT2D eigenvalue weighted by molar-refractivity contribution is 0.225. The van der Waals surface area contributed by atoms with Crippen molar-refractivity contribution in [3.63, 3.8) is 0 Å². The average molecular weight is 304 g/mol. The Bertz CT molecular complexity index is 267. The Morgan fingerprint density at radius 3 is 1.39 bits per heavy atom. The van der Waals surface area contributed by atoms with Gasteiger partial charge in [0.25, 0.3) is 0 Å². The van der Waals surface area contributed by atoms with Crippen LogP contribution in [0.15, 0.2) is 0 Å². The summed E-state index contributed by atoms with van der Waals surface area (Å²) in [6.07, 6.45) is 1.11. The smallest absolute Gasteiger partial charge is 0.324 e. The van der Waals surface area contributed by atoms with Crippen LogP contribution in [0.25, 0.3) is 0 Å². The lowest BCUT2D eigenvalue weighted by Gasteiger charge is -2.12. The van der Waals surface area contributed by atoms with Crippen LogP contribution in [0.1, 0.15) is 40.5 Å². The Labute approximate surface area is 110 Å². The van der Waals surface area contributed by atoms with Crippen molar-refractivity contribution >= 4 is 15.2 Å². The molecule has 18 heavy (non-hydrogen) atoms. The molecular weight excluding hydrogens is 278 g/mol. The zero-order chi connectivity index (χ0) is 14.8. The van der Waals surface area contributed by atoms with Crippen LogP contribution in [0.5, 0.6) is 0 Å². The van der Waals surface area contributed by atoms with Gasteiger partial charge in [0.05, 0.1) is 18.9 Å². The highest BCUT2D eigenvalue weighted by Crippen LogP contribution is 2.44. The van der Waals surface area contributed by atoms with E-state index in [0.29, 0.717) is 26.1 Å². The summed E-state index contributed by atoms with van der Waals surface area (Å²) >= 11 is 0. The third-order valence-electron chi connectivity index (χ3n) is 2.15. The molecule has 0 aliphatic rings. The highest BCUT2D eigenvalue weighted by Gasteiger charge is 2.24. The third kappa shape index (κ3) is 11.4. The van der Waals surface area contributed by atoms with E-state index in [1.165, 1.54) is 6.66 Å². The summed E-state index contributed by atoms with van der Waals surface area (Å²) in [4.78, 5) is 17.2. The highest BCUT2D eigenvalue weighted by molar-refractivity contribution is 7.53. The van der Waals surface area contributed by atoms with Gasteiger partial charge >= 0.3 is 15.2 Å². The molecule has 6 nitrogen and oxygen atoms in total. The molecular formula is C10H26O6P2. The first-order valence-electron chi connectivity index (χ1n) is 6.06. The van der Waals surface area contributed by atoms with E-state index in [0.717, 1.165) is 0 Å². The summed E-state index contributed by atoms with van der Waals surface area (Å²) in [5, 5.41) is 0. The Hall–Kier alpha value is 0.300. The van der Waals surface area contributed by atoms with Crippen molar-refractivity contribution in [2.75, 3.05) is 19.9 Å². The number of rotatable bonds is 7. The maximum Gasteiger partial charge on any atom is 0.328 e. The zero-order valence-electron chi connectivity index (χ0n) is 11.8. The predicted molar refractivity (Wildman–Crippen MR) is 73.2 cm³/mol. The summed E-state index contributed by atoms with van der Waals surface area (Å²) < 4.78 is 31.1. The van der Waals surface area contributed by atoms with Gasteiger partial charge in [0.2, 0.25) is 0 Å². The Balaban J connectivity index is 0. The topological polar surface area (TPSA) is 93.1 Å². The molecule has 0 unspecified atom stereocenters. The molecule has 112 valence electrons. The van der Waals surface area contributed by atoms with E-state index in [-0.39, 0.29) is 0 Å². The summed E-state index contributed by atoms with van der Waals surface area (Å²) in [7, 11) is -6.47. The van der Waals surface area contributed by atoms with E-state index < -0.39 is 20.9 Å². The molecule has 0 spiro atoms. The summed E-state index contributed by atoms with van der Waals surface area (Å²) in [5.74, 6) is 0. The van der Waals surface area contributed by atoms with Crippen molar-refractivity contribution in [2.24, 2.45) is 0 Å². The molecule has 0 aromatic heterocycles. The minimum atomic E-state index is -3.78. The second-order valence-electron chi connectivity index (χ2n) is 3.67.